The summed E-state index contributed by atoms with van der Waals surface area (Å²) in [5.74, 6) is 1.55. The largest absolute Gasteiger partial charge is 0.490 e. The Labute approximate surface area is 189 Å². The topological polar surface area (TPSA) is 87.2 Å². The van der Waals surface area contributed by atoms with Gasteiger partial charge >= 0.3 is 0 Å². The minimum atomic E-state index is -0.662. The van der Waals surface area contributed by atoms with Gasteiger partial charge in [0, 0.05) is 39.2 Å². The van der Waals surface area contributed by atoms with E-state index in [0.29, 0.717) is 5.69 Å². The van der Waals surface area contributed by atoms with Gasteiger partial charge in [-0.15, -0.1) is 0 Å². The van der Waals surface area contributed by atoms with Crippen molar-refractivity contribution in [2.24, 2.45) is 5.92 Å². The van der Waals surface area contributed by atoms with Crippen LogP contribution in [-0.2, 0) is 30.2 Å². The third-order valence-electron chi connectivity index (χ3n) is 5.13. The molecule has 0 unspecified atom stereocenters. The van der Waals surface area contributed by atoms with Crippen LogP contribution in [0.4, 0.5) is 0 Å². The monoisotopic (exact) mass is 454 g/mol. The molecule has 1 saturated carbocycles. The van der Waals surface area contributed by atoms with E-state index >= 15 is 0 Å². The number of methoxy groups -OCH3 is 2. The van der Waals surface area contributed by atoms with E-state index in [-0.39, 0.29) is 42.8 Å². The van der Waals surface area contributed by atoms with Crippen LogP contribution in [0.3, 0.4) is 0 Å². The molecule has 8 nitrogen and oxygen atoms in total. The van der Waals surface area contributed by atoms with Crippen LogP contribution in [0, 0.1) is 5.92 Å². The second-order valence-electron chi connectivity index (χ2n) is 7.77. The molecule has 1 aliphatic carbocycles. The predicted molar refractivity (Wildman–Crippen MR) is 119 cm³/mol. The zero-order valence-corrected chi connectivity index (χ0v) is 19.7. The number of amides is 1. The molecule has 1 amide bonds. The summed E-state index contributed by atoms with van der Waals surface area (Å²) in [7, 11) is 3.00. The molecule has 1 aromatic heterocycles. The number of ether oxygens (including phenoxy) is 4. The van der Waals surface area contributed by atoms with Crippen molar-refractivity contribution in [3.8, 4) is 5.75 Å². The summed E-state index contributed by atoms with van der Waals surface area (Å²) in [6, 6.07) is 3.64. The van der Waals surface area contributed by atoms with E-state index in [9.17, 15) is 9.59 Å². The van der Waals surface area contributed by atoms with Gasteiger partial charge in [0.05, 0.1) is 18.2 Å². The van der Waals surface area contributed by atoms with Crippen LogP contribution < -0.4 is 4.74 Å². The maximum atomic E-state index is 13.0. The molecule has 9 heteroatoms. The van der Waals surface area contributed by atoms with Crippen molar-refractivity contribution in [3.05, 3.63) is 24.0 Å². The second-order valence-corrected chi connectivity index (χ2v) is 8.97. The summed E-state index contributed by atoms with van der Waals surface area (Å²) in [4.78, 5) is 30.2. The number of carbonyl (C=O) groups excluding carboxylic acids is 2. The average Bonchev–Trinajstić information content (AvgIpc) is 2.74. The highest BCUT2D eigenvalue weighted by atomic mass is 32.2. The normalized spacial score (nSPS) is 19.6. The minimum absolute atomic E-state index is 0.00178. The fourth-order valence-electron chi connectivity index (χ4n) is 3.44. The fourth-order valence-corrected chi connectivity index (χ4v) is 4.09. The van der Waals surface area contributed by atoms with Crippen LogP contribution in [0.1, 0.15) is 45.2 Å². The molecule has 1 aromatic rings. The fraction of sp³-hybridized carbons (Fsp3) is 0.682. The molecule has 0 aromatic carbocycles. The summed E-state index contributed by atoms with van der Waals surface area (Å²) in [5, 5.41) is -0.0561. The first-order valence-corrected chi connectivity index (χ1v) is 11.5. The Kier molecular flexibility index (Phi) is 11.3. The van der Waals surface area contributed by atoms with Gasteiger partial charge < -0.3 is 18.9 Å². The van der Waals surface area contributed by atoms with Gasteiger partial charge in [0.1, 0.15) is 25.5 Å². The molecule has 174 valence electrons. The smallest absolute Gasteiger partial charge is 0.232 e. The predicted octanol–water partition coefficient (Wildman–Crippen LogP) is 3.24. The van der Waals surface area contributed by atoms with Crippen LogP contribution in [0.25, 0.3) is 0 Å². The molecular weight excluding hydrogens is 420 g/mol. The van der Waals surface area contributed by atoms with Crippen molar-refractivity contribution >= 4 is 22.8 Å². The number of carbonyl (C=O) groups is 2. The second kappa shape index (κ2) is 13.7. The summed E-state index contributed by atoms with van der Waals surface area (Å²) < 4.78 is 21.9. The van der Waals surface area contributed by atoms with E-state index in [0.717, 1.165) is 36.3 Å². The first-order valence-electron chi connectivity index (χ1n) is 10.6. The molecule has 1 fully saturated rings. The summed E-state index contributed by atoms with van der Waals surface area (Å²) in [5.41, 5.74) is 0.609. The lowest BCUT2D eigenvalue weighted by Gasteiger charge is -2.30. The molecule has 0 N–H and O–H groups in total. The van der Waals surface area contributed by atoms with Crippen LogP contribution >= 0.6 is 11.8 Å². The molecule has 0 radical (unpaired) electrons. The maximum absolute atomic E-state index is 13.0. The molecule has 31 heavy (non-hydrogen) atoms. The standard InChI is InChI=1S/C22H34N2O6S/c1-16-5-7-19(8-6-16)30-20-9-10-23-18(11-20)12-21(26)24(14-27-3)22(29-15-28-4)13-31-17(2)25/h9-11,16,19,22H,5-8,12-15H2,1-4H3/t16-,19-,22-/m1/s1. The summed E-state index contributed by atoms with van der Waals surface area (Å²) in [6.07, 6.45) is 5.72. The lowest BCUT2D eigenvalue weighted by atomic mass is 9.89. The van der Waals surface area contributed by atoms with Gasteiger partial charge in [0.2, 0.25) is 5.91 Å². The van der Waals surface area contributed by atoms with Crippen LogP contribution in [0.2, 0.25) is 0 Å². The molecule has 1 atom stereocenters. The van der Waals surface area contributed by atoms with Crippen LogP contribution in [0.15, 0.2) is 18.3 Å². The quantitative estimate of drug-likeness (QED) is 0.445. The van der Waals surface area contributed by atoms with E-state index in [1.54, 1.807) is 6.20 Å². The molecular formula is C22H34N2O6S. The van der Waals surface area contributed by atoms with Crippen molar-refractivity contribution in [1.82, 2.24) is 9.88 Å². The lowest BCUT2D eigenvalue weighted by Crippen LogP contribution is -2.46. The van der Waals surface area contributed by atoms with E-state index in [4.69, 9.17) is 18.9 Å². The number of rotatable bonds is 12. The van der Waals surface area contributed by atoms with Gasteiger partial charge in [-0.1, -0.05) is 18.7 Å². The zero-order valence-electron chi connectivity index (χ0n) is 18.9. The van der Waals surface area contributed by atoms with E-state index in [1.807, 2.05) is 12.1 Å². The van der Waals surface area contributed by atoms with Gasteiger partial charge in [-0.25, -0.2) is 0 Å². The highest BCUT2D eigenvalue weighted by molar-refractivity contribution is 8.13. The van der Waals surface area contributed by atoms with Gasteiger partial charge in [-0.3, -0.25) is 19.5 Å². The van der Waals surface area contributed by atoms with Gasteiger partial charge in [0.15, 0.2) is 5.12 Å². The number of aromatic nitrogens is 1. The first kappa shape index (κ1) is 25.6. The Morgan fingerprint density at radius 1 is 1.23 bits per heavy atom. The molecule has 0 saturated heterocycles. The third kappa shape index (κ3) is 9.14. The third-order valence-corrected chi connectivity index (χ3v) is 5.99. The number of hydrogen-bond acceptors (Lipinski definition) is 8. The molecule has 0 aliphatic heterocycles. The van der Waals surface area contributed by atoms with Gasteiger partial charge in [-0.2, -0.15) is 0 Å². The highest BCUT2D eigenvalue weighted by Gasteiger charge is 2.26. The number of nitrogens with zero attached hydrogens (tertiary/aromatic N) is 2. The van der Waals surface area contributed by atoms with E-state index in [1.165, 1.54) is 38.9 Å². The van der Waals surface area contributed by atoms with E-state index < -0.39 is 6.23 Å². The molecule has 0 spiro atoms. The zero-order chi connectivity index (χ0) is 22.6. The number of pyridine rings is 1. The molecule has 2 rings (SSSR count). The van der Waals surface area contributed by atoms with Crippen molar-refractivity contribution < 1.29 is 28.5 Å². The van der Waals surface area contributed by atoms with Crippen molar-refractivity contribution in [2.45, 2.75) is 58.3 Å². The highest BCUT2D eigenvalue weighted by Crippen LogP contribution is 2.27. The summed E-state index contributed by atoms with van der Waals surface area (Å²) in [6.45, 7) is 3.78. The maximum Gasteiger partial charge on any atom is 0.232 e. The first-order chi connectivity index (χ1) is 14.9. The van der Waals surface area contributed by atoms with Crippen LogP contribution in [-0.4, -0.2) is 66.7 Å². The molecule has 0 bridgehead atoms. The number of thioether (sulfide) groups is 1. The lowest BCUT2D eigenvalue weighted by molar-refractivity contribution is -0.167. The Balaban J connectivity index is 2.03. The minimum Gasteiger partial charge on any atom is -0.490 e. The SMILES string of the molecule is COCO[C@H](CSC(C)=O)N(COC)C(=O)Cc1cc(O[C@H]2CC[C@H](C)CC2)ccn1. The Hall–Kier alpha value is -1.68. The average molecular weight is 455 g/mol. The molecule has 1 aliphatic rings. The summed E-state index contributed by atoms with van der Waals surface area (Å²) >= 11 is 1.09. The Bertz CT molecular complexity index is 696. The van der Waals surface area contributed by atoms with Crippen molar-refractivity contribution in [3.63, 3.8) is 0 Å². The molecule has 1 heterocycles. The van der Waals surface area contributed by atoms with Crippen LogP contribution in [0.5, 0.6) is 5.75 Å². The Morgan fingerprint density at radius 2 is 1.97 bits per heavy atom. The Morgan fingerprint density at radius 3 is 2.61 bits per heavy atom. The van der Waals surface area contributed by atoms with Gasteiger partial charge in [0.25, 0.3) is 0 Å². The number of hydrogen-bond donors (Lipinski definition) is 0. The van der Waals surface area contributed by atoms with Gasteiger partial charge in [-0.05, 0) is 37.7 Å². The van der Waals surface area contributed by atoms with E-state index in [2.05, 4.69) is 11.9 Å². The van der Waals surface area contributed by atoms with Crippen molar-refractivity contribution in [1.29, 1.82) is 0 Å². The van der Waals surface area contributed by atoms with Crippen molar-refractivity contribution in [2.75, 3.05) is 33.5 Å².